The molecule has 4 rings (SSSR count). The van der Waals surface area contributed by atoms with Crippen LogP contribution in [0.1, 0.15) is 64.6 Å². The van der Waals surface area contributed by atoms with Crippen molar-refractivity contribution in [1.29, 1.82) is 0 Å². The number of Topliss-reactive ketones (excluding diaryl/α,β-unsaturated/α-hetero) is 1. The van der Waals surface area contributed by atoms with Crippen molar-refractivity contribution < 1.29 is 14.0 Å². The number of amides is 1. The van der Waals surface area contributed by atoms with Gasteiger partial charge < -0.3 is 14.4 Å². The van der Waals surface area contributed by atoms with Crippen molar-refractivity contribution in [2.45, 2.75) is 44.7 Å². The molecule has 1 unspecified atom stereocenters. The number of halogens is 1. The van der Waals surface area contributed by atoms with E-state index in [1.807, 2.05) is 16.8 Å². The van der Waals surface area contributed by atoms with E-state index >= 15 is 0 Å². The fraction of sp³-hybridized carbons (Fsp3) is 0.520. The molecule has 0 aliphatic carbocycles. The second kappa shape index (κ2) is 10.4. The summed E-state index contributed by atoms with van der Waals surface area (Å²) in [5.74, 6) is -0.256. The van der Waals surface area contributed by atoms with Crippen LogP contribution in [0, 0.1) is 16.6 Å². The van der Waals surface area contributed by atoms with Crippen molar-refractivity contribution in [3.63, 3.8) is 0 Å². The number of fused-ring (bicyclic) bond motifs is 1. The molecule has 7 nitrogen and oxygen atoms in total. The van der Waals surface area contributed by atoms with Crippen LogP contribution < -0.4 is 0 Å². The average Bonchev–Trinajstić information content (AvgIpc) is 3.20. The highest BCUT2D eigenvalue weighted by molar-refractivity contribution is 5.97. The second-order valence-corrected chi connectivity index (χ2v) is 9.14. The van der Waals surface area contributed by atoms with Gasteiger partial charge >= 0.3 is 0 Å². The highest BCUT2D eigenvalue weighted by atomic mass is 19.1. The summed E-state index contributed by atoms with van der Waals surface area (Å²) < 4.78 is 15.1. The standard InChI is InChI=1S/C25H31FN4O3/c1-28-14-11-22(27-33)21-10-17-30(23(21)25(28)32)13-3-2-12-29-15-8-19(9-16-29)24(31)18-4-6-20(26)7-5-18/h4-7,10,17,19,22H,2-3,8-9,11-16H2,1H3. The van der Waals surface area contributed by atoms with Crippen LogP contribution in [0.25, 0.3) is 0 Å². The average molecular weight is 455 g/mol. The molecule has 1 fully saturated rings. The van der Waals surface area contributed by atoms with Gasteiger partial charge in [0.05, 0.1) is 0 Å². The van der Waals surface area contributed by atoms with Crippen LogP contribution >= 0.6 is 0 Å². The summed E-state index contributed by atoms with van der Waals surface area (Å²) in [6, 6.07) is 7.22. The minimum Gasteiger partial charge on any atom is -0.343 e. The summed E-state index contributed by atoms with van der Waals surface area (Å²) >= 11 is 0. The number of carbonyl (C=O) groups is 2. The third-order valence-electron chi connectivity index (χ3n) is 6.98. The Morgan fingerprint density at radius 1 is 1.03 bits per heavy atom. The molecule has 8 heteroatoms. The number of nitrogens with zero attached hydrogens (tertiary/aromatic N) is 4. The van der Waals surface area contributed by atoms with E-state index < -0.39 is 6.04 Å². The number of carbonyl (C=O) groups excluding carboxylic acids is 2. The van der Waals surface area contributed by atoms with E-state index in [1.54, 1.807) is 24.1 Å². The predicted octanol–water partition coefficient (Wildman–Crippen LogP) is 4.29. The van der Waals surface area contributed by atoms with Gasteiger partial charge in [-0.25, -0.2) is 4.39 Å². The summed E-state index contributed by atoms with van der Waals surface area (Å²) in [6.45, 7) is 3.97. The molecule has 1 amide bonds. The van der Waals surface area contributed by atoms with Gasteiger partial charge in [-0.05, 0) is 82.1 Å². The predicted molar refractivity (Wildman–Crippen MR) is 124 cm³/mol. The van der Waals surface area contributed by atoms with Gasteiger partial charge in [0.2, 0.25) is 0 Å². The summed E-state index contributed by atoms with van der Waals surface area (Å²) in [5, 5.41) is 3.24. The van der Waals surface area contributed by atoms with E-state index in [0.717, 1.165) is 57.4 Å². The maximum Gasteiger partial charge on any atom is 0.270 e. The lowest BCUT2D eigenvalue weighted by atomic mass is 9.89. The van der Waals surface area contributed by atoms with Crippen LogP contribution in [0.2, 0.25) is 0 Å². The van der Waals surface area contributed by atoms with Gasteiger partial charge in [0.15, 0.2) is 5.78 Å². The summed E-state index contributed by atoms with van der Waals surface area (Å²) in [5.41, 5.74) is 1.93. The number of ketones is 1. The molecule has 33 heavy (non-hydrogen) atoms. The first-order valence-electron chi connectivity index (χ1n) is 11.8. The number of hydrogen-bond donors (Lipinski definition) is 0. The SMILES string of the molecule is CN1CCC(N=O)c2ccn(CCCCN3CCC(C(=O)c4ccc(F)cc4)CC3)c2C1=O. The topological polar surface area (TPSA) is 75.0 Å². The Morgan fingerprint density at radius 3 is 2.42 bits per heavy atom. The summed E-state index contributed by atoms with van der Waals surface area (Å²) in [7, 11) is 1.76. The molecule has 1 aromatic heterocycles. The van der Waals surface area contributed by atoms with Crippen molar-refractivity contribution >= 4 is 11.7 Å². The number of likely N-dealkylation sites (tertiary alicyclic amines) is 1. The van der Waals surface area contributed by atoms with Gasteiger partial charge in [0.25, 0.3) is 5.91 Å². The molecule has 1 atom stereocenters. The van der Waals surface area contributed by atoms with E-state index in [2.05, 4.69) is 10.1 Å². The number of hydrogen-bond acceptors (Lipinski definition) is 5. The molecule has 3 heterocycles. The maximum atomic E-state index is 13.1. The third kappa shape index (κ3) is 5.21. The minimum absolute atomic E-state index is 0.00409. The number of nitroso groups, excluding NO2 is 1. The van der Waals surface area contributed by atoms with E-state index in [4.69, 9.17) is 0 Å². The van der Waals surface area contributed by atoms with E-state index in [-0.39, 0.29) is 23.4 Å². The Bertz CT molecular complexity index is 996. The van der Waals surface area contributed by atoms with Crippen LogP contribution in [-0.2, 0) is 6.54 Å². The van der Waals surface area contributed by atoms with Gasteiger partial charge in [0.1, 0.15) is 17.6 Å². The summed E-state index contributed by atoms with van der Waals surface area (Å²) in [4.78, 5) is 40.7. The largest absolute Gasteiger partial charge is 0.343 e. The Hall–Kier alpha value is -2.87. The van der Waals surface area contributed by atoms with Crippen molar-refractivity contribution in [3.05, 3.63) is 64.1 Å². The van der Waals surface area contributed by atoms with Crippen molar-refractivity contribution in [2.24, 2.45) is 11.1 Å². The first-order valence-corrected chi connectivity index (χ1v) is 11.8. The molecule has 2 aliphatic rings. The smallest absolute Gasteiger partial charge is 0.270 e. The fourth-order valence-electron chi connectivity index (χ4n) is 4.94. The monoisotopic (exact) mass is 454 g/mol. The number of aromatic nitrogens is 1. The van der Waals surface area contributed by atoms with Crippen LogP contribution in [0.15, 0.2) is 41.7 Å². The molecule has 176 valence electrons. The second-order valence-electron chi connectivity index (χ2n) is 9.14. The molecule has 0 radical (unpaired) electrons. The molecule has 0 spiro atoms. The number of piperidine rings is 1. The highest BCUT2D eigenvalue weighted by Crippen LogP contribution is 2.30. The molecule has 1 saturated heterocycles. The molecule has 0 N–H and O–H groups in total. The first-order chi connectivity index (χ1) is 16.0. The molecular weight excluding hydrogens is 423 g/mol. The van der Waals surface area contributed by atoms with Gasteiger partial charge in [-0.15, -0.1) is 0 Å². The number of unbranched alkanes of at least 4 members (excludes halogenated alkanes) is 1. The van der Waals surface area contributed by atoms with E-state index in [9.17, 15) is 18.9 Å². The zero-order valence-electron chi connectivity index (χ0n) is 19.1. The van der Waals surface area contributed by atoms with Crippen LogP contribution in [-0.4, -0.2) is 59.3 Å². The molecule has 0 bridgehead atoms. The highest BCUT2D eigenvalue weighted by Gasteiger charge is 2.30. The Morgan fingerprint density at radius 2 is 1.73 bits per heavy atom. The quantitative estimate of drug-likeness (QED) is 0.339. The minimum atomic E-state index is -0.464. The fourth-order valence-corrected chi connectivity index (χ4v) is 4.94. The van der Waals surface area contributed by atoms with Crippen LogP contribution in [0.3, 0.4) is 0 Å². The van der Waals surface area contributed by atoms with Gasteiger partial charge in [-0.1, -0.05) is 5.18 Å². The molecule has 2 aromatic rings. The Kier molecular flexibility index (Phi) is 7.33. The lowest BCUT2D eigenvalue weighted by Gasteiger charge is -2.31. The molecule has 2 aliphatic heterocycles. The van der Waals surface area contributed by atoms with E-state index in [0.29, 0.717) is 24.2 Å². The first kappa shape index (κ1) is 23.3. The van der Waals surface area contributed by atoms with Crippen LogP contribution in [0.4, 0.5) is 4.39 Å². The zero-order chi connectivity index (χ0) is 23.4. The number of rotatable bonds is 8. The lowest BCUT2D eigenvalue weighted by Crippen LogP contribution is -2.37. The van der Waals surface area contributed by atoms with Crippen molar-refractivity contribution in [2.75, 3.05) is 33.2 Å². The van der Waals surface area contributed by atoms with Crippen molar-refractivity contribution in [3.8, 4) is 0 Å². The van der Waals surface area contributed by atoms with E-state index in [1.165, 1.54) is 12.1 Å². The Labute approximate surface area is 193 Å². The molecular formula is C25H31FN4O3. The number of benzene rings is 1. The van der Waals surface area contributed by atoms with Gasteiger partial charge in [-0.2, -0.15) is 4.91 Å². The van der Waals surface area contributed by atoms with Crippen molar-refractivity contribution in [1.82, 2.24) is 14.4 Å². The number of aryl methyl sites for hydroxylation is 1. The lowest BCUT2D eigenvalue weighted by molar-refractivity contribution is 0.0786. The maximum absolute atomic E-state index is 13.1. The Balaban J connectivity index is 1.24. The molecule has 0 saturated carbocycles. The normalized spacial score (nSPS) is 19.9. The van der Waals surface area contributed by atoms with Gasteiger partial charge in [0, 0.05) is 43.4 Å². The molecule has 1 aromatic carbocycles. The summed E-state index contributed by atoms with van der Waals surface area (Å²) in [6.07, 6.45) is 6.01. The van der Waals surface area contributed by atoms with Gasteiger partial charge in [-0.3, -0.25) is 9.59 Å². The zero-order valence-corrected chi connectivity index (χ0v) is 19.1. The third-order valence-corrected chi connectivity index (χ3v) is 6.98. The van der Waals surface area contributed by atoms with Crippen LogP contribution in [0.5, 0.6) is 0 Å².